The van der Waals surface area contributed by atoms with Gasteiger partial charge in [-0.3, -0.25) is 9.80 Å². The van der Waals surface area contributed by atoms with E-state index < -0.39 is 24.1 Å². The fraction of sp³-hybridized carbons (Fsp3) is 0.417. The molecule has 0 unspecified atom stereocenters. The number of likely N-dealkylation sites (N-methyl/N-ethyl adjacent to an activating group) is 2. The summed E-state index contributed by atoms with van der Waals surface area (Å²) in [6.45, 7) is 3.18. The maximum Gasteiger partial charge on any atom is 2.00 e. The molecule has 4 atom stereocenters. The van der Waals surface area contributed by atoms with Crippen LogP contribution in [0.2, 0.25) is 0 Å². The molecule has 0 radical (unpaired) electrons. The number of aliphatic carboxylic acids is 2. The van der Waals surface area contributed by atoms with E-state index in [-0.39, 0.29) is 52.6 Å². The molecular formula is C24H36N2NiO8. The molecule has 0 aromatic heterocycles. The van der Waals surface area contributed by atoms with Crippen LogP contribution in [0.3, 0.4) is 0 Å². The molecule has 0 aliphatic heterocycles. The van der Waals surface area contributed by atoms with Crippen LogP contribution in [0.25, 0.3) is 0 Å². The minimum Gasteiger partial charge on any atom is -0.549 e. The van der Waals surface area contributed by atoms with E-state index in [1.54, 1.807) is 37.7 Å². The van der Waals surface area contributed by atoms with Gasteiger partial charge in [0.05, 0.1) is 24.1 Å². The van der Waals surface area contributed by atoms with E-state index in [0.717, 1.165) is 11.1 Å². The molecule has 2 rings (SSSR count). The first kappa shape index (κ1) is 37.2. The summed E-state index contributed by atoms with van der Waals surface area (Å²) >= 11 is 0. The number of carbonyl (C=O) groups is 2. The van der Waals surface area contributed by atoms with Gasteiger partial charge in [0.15, 0.2) is 0 Å². The Morgan fingerprint density at radius 3 is 1.20 bits per heavy atom. The zero-order valence-corrected chi connectivity index (χ0v) is 21.2. The van der Waals surface area contributed by atoms with Gasteiger partial charge in [-0.25, -0.2) is 0 Å². The molecule has 0 saturated carbocycles. The second-order valence-corrected chi connectivity index (χ2v) is 7.77. The third-order valence-corrected chi connectivity index (χ3v) is 5.34. The van der Waals surface area contributed by atoms with Crippen molar-refractivity contribution in [2.45, 2.75) is 38.1 Å². The molecule has 2 aromatic rings. The Kier molecular flexibility index (Phi) is 20.1. The van der Waals surface area contributed by atoms with Gasteiger partial charge in [-0.05, 0) is 39.1 Å². The number of hydrogen-bond acceptors (Lipinski definition) is 8. The fourth-order valence-corrected chi connectivity index (χ4v) is 3.03. The zero-order chi connectivity index (χ0) is 24.3. The fourth-order valence-electron chi connectivity index (χ4n) is 3.03. The summed E-state index contributed by atoms with van der Waals surface area (Å²) in [5.41, 5.74) is 1.56. The van der Waals surface area contributed by atoms with Gasteiger partial charge in [-0.1, -0.05) is 60.7 Å². The van der Waals surface area contributed by atoms with Crippen molar-refractivity contribution in [3.05, 3.63) is 71.8 Å². The second-order valence-electron chi connectivity index (χ2n) is 7.77. The largest absolute Gasteiger partial charge is 2.00 e. The van der Waals surface area contributed by atoms with E-state index in [9.17, 15) is 30.0 Å². The third kappa shape index (κ3) is 13.3. The van der Waals surface area contributed by atoms with Crippen LogP contribution in [-0.2, 0) is 26.1 Å². The van der Waals surface area contributed by atoms with Gasteiger partial charge >= 0.3 is 16.5 Å². The summed E-state index contributed by atoms with van der Waals surface area (Å²) in [5, 5.41) is 40.9. The number of rotatable bonds is 10. The Hall–Kier alpha value is -2.37. The molecule has 0 aliphatic rings. The molecule has 200 valence electrons. The van der Waals surface area contributed by atoms with Crippen molar-refractivity contribution in [2.24, 2.45) is 0 Å². The van der Waals surface area contributed by atoms with Gasteiger partial charge in [0.25, 0.3) is 0 Å². The molecular weight excluding hydrogens is 503 g/mol. The van der Waals surface area contributed by atoms with Crippen LogP contribution in [0.15, 0.2) is 60.7 Å². The topological polar surface area (TPSA) is 190 Å². The molecule has 0 bridgehead atoms. The monoisotopic (exact) mass is 538 g/mol. The molecule has 0 aliphatic carbocycles. The van der Waals surface area contributed by atoms with E-state index in [1.165, 1.54) is 0 Å². The van der Waals surface area contributed by atoms with Crippen molar-refractivity contribution in [1.29, 1.82) is 0 Å². The molecule has 0 saturated heterocycles. The van der Waals surface area contributed by atoms with E-state index >= 15 is 0 Å². The van der Waals surface area contributed by atoms with Crippen molar-refractivity contribution >= 4 is 11.9 Å². The number of nitrogens with zero attached hydrogens (tertiary/aromatic N) is 2. The van der Waals surface area contributed by atoms with Gasteiger partial charge in [0.1, 0.15) is 0 Å². The first-order valence-electron chi connectivity index (χ1n) is 10.3. The summed E-state index contributed by atoms with van der Waals surface area (Å²) in [4.78, 5) is 24.0. The Bertz CT molecular complexity index is 759. The van der Waals surface area contributed by atoms with E-state index in [4.69, 9.17) is 0 Å². The number of aliphatic hydroxyl groups is 2. The van der Waals surface area contributed by atoms with E-state index in [0.29, 0.717) is 0 Å². The minimum absolute atomic E-state index is 0. The van der Waals surface area contributed by atoms with Crippen LogP contribution >= 0.6 is 0 Å². The average Bonchev–Trinajstić information content (AvgIpc) is 2.77. The SMILES string of the molecule is C[C@@H]([C@H](O)c1ccccc1)N(C)CC(=O)[O-].C[C@@H]([C@H](O)c1ccccc1)N(C)CC(=O)[O-].O.O.[Ni+2]. The predicted octanol–water partition coefficient (Wildman–Crippen LogP) is -2.07. The van der Waals surface area contributed by atoms with Crippen molar-refractivity contribution in [3.8, 4) is 0 Å². The average molecular weight is 539 g/mol. The van der Waals surface area contributed by atoms with Gasteiger partial charge < -0.3 is 41.0 Å². The summed E-state index contributed by atoms with van der Waals surface area (Å²) < 4.78 is 0. The second kappa shape index (κ2) is 18.9. The first-order chi connectivity index (χ1) is 15.0. The van der Waals surface area contributed by atoms with Crippen LogP contribution in [0.1, 0.15) is 37.2 Å². The maximum absolute atomic E-state index is 10.4. The van der Waals surface area contributed by atoms with Crippen molar-refractivity contribution in [3.63, 3.8) is 0 Å². The smallest absolute Gasteiger partial charge is 0.549 e. The molecule has 0 amide bonds. The minimum atomic E-state index is -1.14. The Morgan fingerprint density at radius 1 is 0.714 bits per heavy atom. The quantitative estimate of drug-likeness (QED) is 0.322. The zero-order valence-electron chi connectivity index (χ0n) is 20.2. The van der Waals surface area contributed by atoms with Crippen LogP contribution in [-0.4, -0.2) is 82.2 Å². The molecule has 0 spiro atoms. The van der Waals surface area contributed by atoms with Gasteiger partial charge in [-0.2, -0.15) is 0 Å². The van der Waals surface area contributed by atoms with Crippen molar-refractivity contribution in [2.75, 3.05) is 27.2 Å². The maximum atomic E-state index is 10.4. The number of carboxylic acids is 2. The van der Waals surface area contributed by atoms with Crippen LogP contribution in [0.4, 0.5) is 0 Å². The molecule has 6 N–H and O–H groups in total. The van der Waals surface area contributed by atoms with E-state index in [2.05, 4.69) is 0 Å². The van der Waals surface area contributed by atoms with Gasteiger partial charge in [-0.15, -0.1) is 0 Å². The molecule has 0 heterocycles. The molecule has 10 nitrogen and oxygen atoms in total. The van der Waals surface area contributed by atoms with Crippen LogP contribution in [0, 0.1) is 0 Å². The van der Waals surface area contributed by atoms with Crippen LogP contribution < -0.4 is 10.2 Å². The molecule has 0 fully saturated rings. The number of benzene rings is 2. The van der Waals surface area contributed by atoms with Crippen molar-refractivity contribution < 1.29 is 57.5 Å². The Morgan fingerprint density at radius 2 is 0.971 bits per heavy atom. The molecule has 35 heavy (non-hydrogen) atoms. The normalized spacial score (nSPS) is 13.5. The Labute approximate surface area is 216 Å². The van der Waals surface area contributed by atoms with Crippen LogP contribution in [0.5, 0.6) is 0 Å². The number of hydrogen-bond donors (Lipinski definition) is 2. The third-order valence-electron chi connectivity index (χ3n) is 5.34. The number of carbonyl (C=O) groups excluding carboxylic acids is 2. The summed E-state index contributed by atoms with van der Waals surface area (Å²) in [6.07, 6.45) is -1.41. The van der Waals surface area contributed by atoms with Gasteiger partial charge in [0, 0.05) is 25.2 Å². The predicted molar refractivity (Wildman–Crippen MR) is 124 cm³/mol. The molecule has 2 aromatic carbocycles. The summed E-state index contributed by atoms with van der Waals surface area (Å²) in [6, 6.07) is 17.8. The summed E-state index contributed by atoms with van der Waals surface area (Å²) in [5.74, 6) is -2.29. The standard InChI is InChI=1S/2C12H17NO3.Ni.2H2O/c2*1-9(13(2)8-11(14)15)12(16)10-6-4-3-5-7-10;;;/h2*3-7,9,12,16H,8H2,1-2H3,(H,14,15);;2*1H2/q;;+2;;/p-2/t2*9-,12-;;;/m00.../s1. The van der Waals surface area contributed by atoms with Crippen molar-refractivity contribution in [1.82, 2.24) is 9.80 Å². The van der Waals surface area contributed by atoms with E-state index in [1.807, 2.05) is 60.7 Å². The summed E-state index contributed by atoms with van der Waals surface area (Å²) in [7, 11) is 3.29. The van der Waals surface area contributed by atoms with Gasteiger partial charge in [0.2, 0.25) is 0 Å². The Balaban J connectivity index is -0.000000539. The first-order valence-corrected chi connectivity index (χ1v) is 10.3. The molecule has 11 heteroatoms. The number of aliphatic hydroxyl groups excluding tert-OH is 2. The number of carboxylic acid groups (broad SMARTS) is 2.